The number of amides is 3. The van der Waals surface area contributed by atoms with Crippen LogP contribution in [0.1, 0.15) is 48.6 Å². The molecule has 0 radical (unpaired) electrons. The van der Waals surface area contributed by atoms with Crippen molar-refractivity contribution in [1.29, 1.82) is 0 Å². The van der Waals surface area contributed by atoms with Crippen molar-refractivity contribution in [3.63, 3.8) is 0 Å². The zero-order valence-electron chi connectivity index (χ0n) is 29.6. The number of benzene rings is 3. The van der Waals surface area contributed by atoms with Gasteiger partial charge in [0.15, 0.2) is 0 Å². The van der Waals surface area contributed by atoms with Gasteiger partial charge in [0.25, 0.3) is 5.91 Å². The summed E-state index contributed by atoms with van der Waals surface area (Å²) in [5.74, 6) is -4.18. The largest absolute Gasteiger partial charge is 0.455 e. The Bertz CT molecular complexity index is 1960. The zero-order chi connectivity index (χ0) is 37.6. The minimum atomic E-state index is -1.60. The first kappa shape index (κ1) is 37.0. The molecular weight excluding hydrogens is 762 g/mol. The monoisotopic (exact) mass is 801 g/mol. The molecule has 10 nitrogen and oxygen atoms in total. The Morgan fingerprint density at radius 3 is 2.32 bits per heavy atom. The molecule has 3 aromatic rings. The second kappa shape index (κ2) is 14.9. The summed E-state index contributed by atoms with van der Waals surface area (Å²) in [7, 11) is 1.69. The van der Waals surface area contributed by atoms with Gasteiger partial charge in [-0.3, -0.25) is 19.2 Å². The van der Waals surface area contributed by atoms with E-state index in [0.717, 1.165) is 5.56 Å². The number of fused-ring (bicyclic) bond motifs is 2. The molecule has 5 bridgehead atoms. The number of aliphatic hydroxyl groups is 1. The number of halogens is 2. The topological polar surface area (TPSA) is 117 Å². The number of likely N-dealkylation sites (tertiary alicyclic amines) is 1. The molecule has 2 fully saturated rings. The molecule has 7 rings (SSSR count). The lowest BCUT2D eigenvalue weighted by Crippen LogP contribution is -2.57. The minimum Gasteiger partial charge on any atom is -0.455 e. The SMILES string of the molecule is Cc1cccc(Cl)c1N1C/C=C\CCC(=O)N(C)[C@@H](C)[C@H](c2ccccc2)OC(=O)[C@H]2[C@@H]3O[C@@]4(C=C3Br)[C@@H]2C(=O)N([C@H](CO)c2ccccc2)[C@@H]4C1=O. The summed E-state index contributed by atoms with van der Waals surface area (Å²) < 4.78 is 13.6. The Morgan fingerprint density at radius 1 is 0.943 bits per heavy atom. The molecule has 8 atom stereocenters. The van der Waals surface area contributed by atoms with Crippen LogP contribution in [0.5, 0.6) is 0 Å². The van der Waals surface area contributed by atoms with Gasteiger partial charge in [-0.05, 0) is 49.1 Å². The highest BCUT2D eigenvalue weighted by Gasteiger charge is 2.75. The van der Waals surface area contributed by atoms with Crippen molar-refractivity contribution in [1.82, 2.24) is 9.80 Å². The number of allylic oxidation sites excluding steroid dienone is 1. The summed E-state index contributed by atoms with van der Waals surface area (Å²) in [5, 5.41) is 11.3. The van der Waals surface area contributed by atoms with Crippen molar-refractivity contribution in [2.45, 2.75) is 62.6 Å². The molecule has 4 aliphatic heterocycles. The van der Waals surface area contributed by atoms with Gasteiger partial charge in [0.05, 0.1) is 35.3 Å². The normalized spacial score (nSPS) is 30.3. The van der Waals surface area contributed by atoms with E-state index in [9.17, 15) is 14.7 Å². The molecule has 1 N–H and O–H groups in total. The average Bonchev–Trinajstić information content (AvgIpc) is 3.75. The van der Waals surface area contributed by atoms with Gasteiger partial charge in [-0.15, -0.1) is 0 Å². The third-order valence-electron chi connectivity index (χ3n) is 11.1. The van der Waals surface area contributed by atoms with E-state index in [1.165, 1.54) is 9.80 Å². The van der Waals surface area contributed by atoms with Gasteiger partial charge in [-0.1, -0.05) is 112 Å². The minimum absolute atomic E-state index is 0.0636. The summed E-state index contributed by atoms with van der Waals surface area (Å²) in [6.07, 6.45) is 4.17. The Balaban J connectivity index is 1.42. The van der Waals surface area contributed by atoms with E-state index in [2.05, 4.69) is 15.9 Å². The predicted molar refractivity (Wildman–Crippen MR) is 203 cm³/mol. The molecule has 0 saturated carbocycles. The summed E-state index contributed by atoms with van der Waals surface area (Å²) >= 11 is 10.4. The summed E-state index contributed by atoms with van der Waals surface area (Å²) in [4.78, 5) is 63.2. The molecule has 3 amide bonds. The van der Waals surface area contributed by atoms with Gasteiger partial charge >= 0.3 is 5.97 Å². The standard InChI is InChI=1S/C41H41BrClN3O7/c1-24-14-13-19-29(43)34(24)45-21-12-6-11-20-31(48)44(3)25(2)35(27-17-9-5-10-18-27)52-40(51)32-33-38(49)46(30(23-47)26-15-7-4-8-16-26)37(39(45)50)41(33)22-28(42)36(32)53-41/h4-10,12-19,22,25,30,32-33,35-37,47H,11,20-21,23H2,1-3H3/b12-6-/t25-,30+,32+,33-,35+,36+,37+,41-/m0/s1. The molecule has 1 spiro atoms. The fourth-order valence-electron chi connectivity index (χ4n) is 8.38. The fourth-order valence-corrected chi connectivity index (χ4v) is 9.44. The van der Waals surface area contributed by atoms with Crippen LogP contribution in [0.4, 0.5) is 5.69 Å². The Morgan fingerprint density at radius 2 is 1.64 bits per heavy atom. The van der Waals surface area contributed by atoms with Crippen molar-refractivity contribution in [3.8, 4) is 0 Å². The van der Waals surface area contributed by atoms with Crippen LogP contribution in [0.3, 0.4) is 0 Å². The third kappa shape index (κ3) is 6.31. The first-order valence-electron chi connectivity index (χ1n) is 17.8. The quantitative estimate of drug-likeness (QED) is 0.246. The number of likely N-dealkylation sites (N-methyl/N-ethyl adjacent to an activating group) is 1. The van der Waals surface area contributed by atoms with Crippen LogP contribution >= 0.6 is 27.5 Å². The predicted octanol–water partition coefficient (Wildman–Crippen LogP) is 6.07. The first-order chi connectivity index (χ1) is 25.5. The van der Waals surface area contributed by atoms with Crippen LogP contribution in [-0.4, -0.2) is 82.6 Å². The number of anilines is 1. The lowest BCUT2D eigenvalue weighted by molar-refractivity contribution is -0.164. The van der Waals surface area contributed by atoms with Gasteiger partial charge < -0.3 is 29.3 Å². The van der Waals surface area contributed by atoms with Crippen LogP contribution in [0, 0.1) is 18.8 Å². The third-order valence-corrected chi connectivity index (χ3v) is 12.1. The highest BCUT2D eigenvalue weighted by atomic mass is 79.9. The van der Waals surface area contributed by atoms with Crippen LogP contribution in [-0.2, 0) is 28.7 Å². The number of cyclic esters (lactones) is 1. The number of esters is 1. The molecular formula is C41H41BrClN3O7. The zero-order valence-corrected chi connectivity index (χ0v) is 31.9. The second-order valence-corrected chi connectivity index (χ2v) is 15.4. The summed E-state index contributed by atoms with van der Waals surface area (Å²) in [5.41, 5.74) is 0.875. The Hall–Kier alpha value is -4.29. The van der Waals surface area contributed by atoms with E-state index in [0.29, 0.717) is 32.7 Å². The van der Waals surface area contributed by atoms with E-state index >= 15 is 9.59 Å². The number of ether oxygens (including phenoxy) is 2. The Labute approximate surface area is 322 Å². The molecule has 12 heteroatoms. The number of rotatable bonds is 5. The van der Waals surface area contributed by atoms with Crippen LogP contribution in [0.2, 0.25) is 5.02 Å². The van der Waals surface area contributed by atoms with Crippen molar-refractivity contribution in [3.05, 3.63) is 123 Å². The number of aryl methyl sites for hydroxylation is 1. The molecule has 2 saturated heterocycles. The molecule has 4 heterocycles. The second-order valence-electron chi connectivity index (χ2n) is 14.1. The summed E-state index contributed by atoms with van der Waals surface area (Å²) in [6, 6.07) is 20.7. The number of hydrogen-bond acceptors (Lipinski definition) is 7. The lowest BCUT2D eigenvalue weighted by Gasteiger charge is -2.39. The molecule has 4 aliphatic rings. The number of carbonyl (C=O) groups is 4. The molecule has 0 unspecified atom stereocenters. The lowest BCUT2D eigenvalue weighted by atomic mass is 9.74. The van der Waals surface area contributed by atoms with Crippen molar-refractivity contribution in [2.75, 3.05) is 25.1 Å². The van der Waals surface area contributed by atoms with Crippen LogP contribution < -0.4 is 4.90 Å². The maximum absolute atomic E-state index is 15.5. The molecule has 53 heavy (non-hydrogen) atoms. The number of aliphatic hydroxyl groups excluding tert-OH is 1. The molecule has 0 aromatic heterocycles. The molecule has 276 valence electrons. The van der Waals surface area contributed by atoms with Gasteiger partial charge in [0.1, 0.15) is 29.8 Å². The van der Waals surface area contributed by atoms with Crippen LogP contribution in [0.15, 0.2) is 102 Å². The Kier molecular flexibility index (Phi) is 10.4. The van der Waals surface area contributed by atoms with Crippen molar-refractivity contribution >= 4 is 56.9 Å². The smallest absolute Gasteiger partial charge is 0.313 e. The van der Waals surface area contributed by atoms with Crippen LogP contribution in [0.25, 0.3) is 0 Å². The van der Waals surface area contributed by atoms with Gasteiger partial charge in [-0.2, -0.15) is 0 Å². The maximum Gasteiger partial charge on any atom is 0.313 e. The summed E-state index contributed by atoms with van der Waals surface area (Å²) in [6.45, 7) is 3.24. The maximum atomic E-state index is 15.5. The number of para-hydroxylation sites is 1. The van der Waals surface area contributed by atoms with E-state index in [4.69, 9.17) is 21.1 Å². The average molecular weight is 803 g/mol. The molecule has 0 aliphatic carbocycles. The first-order valence-corrected chi connectivity index (χ1v) is 18.9. The highest BCUT2D eigenvalue weighted by molar-refractivity contribution is 9.11. The number of nitrogens with zero attached hydrogens (tertiary/aromatic N) is 3. The van der Waals surface area contributed by atoms with E-state index in [-0.39, 0.29) is 18.9 Å². The van der Waals surface area contributed by atoms with Gasteiger partial charge in [0.2, 0.25) is 11.8 Å². The van der Waals surface area contributed by atoms with Gasteiger partial charge in [0, 0.05) is 24.5 Å². The van der Waals surface area contributed by atoms with E-state index in [1.807, 2.05) is 68.5 Å². The molecule has 3 aromatic carbocycles. The van der Waals surface area contributed by atoms with Crippen molar-refractivity contribution < 1.29 is 33.8 Å². The number of hydrogen-bond donors (Lipinski definition) is 1. The van der Waals surface area contributed by atoms with E-state index < -0.39 is 72.2 Å². The van der Waals surface area contributed by atoms with Crippen molar-refractivity contribution in [2.24, 2.45) is 11.8 Å². The fraction of sp³-hybridized carbons (Fsp3) is 0.366. The number of carbonyl (C=O) groups excluding carboxylic acids is 4. The van der Waals surface area contributed by atoms with Gasteiger partial charge in [-0.25, -0.2) is 0 Å². The highest BCUT2D eigenvalue weighted by Crippen LogP contribution is 2.60. The van der Waals surface area contributed by atoms with E-state index in [1.54, 1.807) is 54.4 Å².